The van der Waals surface area contributed by atoms with E-state index in [4.69, 9.17) is 5.41 Å². The summed E-state index contributed by atoms with van der Waals surface area (Å²) >= 11 is 0. The number of rotatable bonds is 3. The van der Waals surface area contributed by atoms with Crippen molar-refractivity contribution < 1.29 is 0 Å². The molecule has 0 saturated carbocycles. The topological polar surface area (TPSA) is 41.7 Å². The van der Waals surface area contributed by atoms with Crippen molar-refractivity contribution in [2.45, 2.75) is 27.3 Å². The third-order valence-corrected chi connectivity index (χ3v) is 2.84. The SMILES string of the molecule is C/C=C/c1nc2cc(C(C)=N)ccc2n1CC. The van der Waals surface area contributed by atoms with Gasteiger partial charge in [-0.15, -0.1) is 0 Å². The van der Waals surface area contributed by atoms with Gasteiger partial charge in [0.15, 0.2) is 0 Å². The standard InChI is InChI=1S/C14H17N3/c1-4-6-14-16-12-9-11(10(3)15)7-8-13(12)17(14)5-2/h4,6-9,15H,5H2,1-3H3/b6-4+,15-10?. The van der Waals surface area contributed by atoms with E-state index in [2.05, 4.69) is 16.5 Å². The summed E-state index contributed by atoms with van der Waals surface area (Å²) in [5.74, 6) is 0.977. The molecule has 1 aromatic heterocycles. The highest BCUT2D eigenvalue weighted by Gasteiger charge is 2.08. The second kappa shape index (κ2) is 4.53. The molecular formula is C14H17N3. The fraction of sp³-hybridized carbons (Fsp3) is 0.286. The van der Waals surface area contributed by atoms with E-state index in [-0.39, 0.29) is 0 Å². The van der Waals surface area contributed by atoms with E-state index in [1.54, 1.807) is 6.92 Å². The Kier molecular flexibility index (Phi) is 3.09. The fourth-order valence-electron chi connectivity index (χ4n) is 1.99. The summed E-state index contributed by atoms with van der Waals surface area (Å²) in [6.45, 7) is 6.81. The molecule has 0 radical (unpaired) electrons. The molecule has 3 nitrogen and oxygen atoms in total. The largest absolute Gasteiger partial charge is 0.325 e. The molecule has 0 unspecified atom stereocenters. The van der Waals surface area contributed by atoms with E-state index in [0.29, 0.717) is 5.71 Å². The Morgan fingerprint density at radius 1 is 1.47 bits per heavy atom. The number of imidazole rings is 1. The number of benzene rings is 1. The van der Waals surface area contributed by atoms with E-state index >= 15 is 0 Å². The Morgan fingerprint density at radius 3 is 2.82 bits per heavy atom. The monoisotopic (exact) mass is 227 g/mol. The molecule has 1 aromatic carbocycles. The van der Waals surface area contributed by atoms with Gasteiger partial charge in [0.05, 0.1) is 11.0 Å². The van der Waals surface area contributed by atoms with Crippen LogP contribution in [0, 0.1) is 5.41 Å². The number of hydrogen-bond donors (Lipinski definition) is 1. The van der Waals surface area contributed by atoms with Crippen LogP contribution in [0.25, 0.3) is 17.1 Å². The van der Waals surface area contributed by atoms with Crippen molar-refractivity contribution in [3.8, 4) is 0 Å². The molecule has 17 heavy (non-hydrogen) atoms. The number of nitrogens with zero attached hydrogens (tertiary/aromatic N) is 2. The van der Waals surface area contributed by atoms with Crippen LogP contribution in [0.2, 0.25) is 0 Å². The van der Waals surface area contributed by atoms with Crippen molar-refractivity contribution in [2.75, 3.05) is 0 Å². The molecule has 0 aliphatic heterocycles. The van der Waals surface area contributed by atoms with E-state index in [1.807, 2.05) is 37.3 Å². The lowest BCUT2D eigenvalue weighted by Gasteiger charge is -2.02. The highest BCUT2D eigenvalue weighted by Crippen LogP contribution is 2.19. The minimum atomic E-state index is 0.575. The summed E-state index contributed by atoms with van der Waals surface area (Å²) in [7, 11) is 0. The molecule has 0 fully saturated rings. The highest BCUT2D eigenvalue weighted by molar-refractivity contribution is 5.99. The lowest BCUT2D eigenvalue weighted by Crippen LogP contribution is -1.97. The van der Waals surface area contributed by atoms with Gasteiger partial charge in [0, 0.05) is 12.3 Å². The van der Waals surface area contributed by atoms with Crippen molar-refractivity contribution >= 4 is 22.8 Å². The Labute approximate surface area is 101 Å². The van der Waals surface area contributed by atoms with Crippen LogP contribution in [0.5, 0.6) is 0 Å². The zero-order valence-corrected chi connectivity index (χ0v) is 10.5. The predicted molar refractivity (Wildman–Crippen MR) is 72.6 cm³/mol. The molecule has 3 heteroatoms. The van der Waals surface area contributed by atoms with Crippen molar-refractivity contribution in [1.82, 2.24) is 9.55 Å². The molecule has 0 bridgehead atoms. The second-order valence-electron chi connectivity index (χ2n) is 4.04. The van der Waals surface area contributed by atoms with Crippen LogP contribution in [0.1, 0.15) is 32.2 Å². The van der Waals surface area contributed by atoms with Crippen molar-refractivity contribution in [3.63, 3.8) is 0 Å². The van der Waals surface area contributed by atoms with Gasteiger partial charge in [-0.05, 0) is 44.5 Å². The molecule has 0 amide bonds. The summed E-state index contributed by atoms with van der Waals surface area (Å²) < 4.78 is 2.18. The van der Waals surface area contributed by atoms with E-state index in [9.17, 15) is 0 Å². The predicted octanol–water partition coefficient (Wildman–Crippen LogP) is 3.48. The zero-order valence-electron chi connectivity index (χ0n) is 10.5. The third kappa shape index (κ3) is 2.00. The Hall–Kier alpha value is -1.90. The first-order chi connectivity index (χ1) is 8.17. The van der Waals surface area contributed by atoms with Crippen LogP contribution in [0.3, 0.4) is 0 Å². The summed E-state index contributed by atoms with van der Waals surface area (Å²) in [6, 6.07) is 6.01. The molecule has 88 valence electrons. The summed E-state index contributed by atoms with van der Waals surface area (Å²) in [5, 5.41) is 7.65. The Morgan fingerprint density at radius 2 is 2.24 bits per heavy atom. The summed E-state index contributed by atoms with van der Waals surface area (Å²) in [4.78, 5) is 4.60. The van der Waals surface area contributed by atoms with E-state index in [0.717, 1.165) is 29.0 Å². The number of nitrogens with one attached hydrogen (secondary N) is 1. The van der Waals surface area contributed by atoms with Gasteiger partial charge < -0.3 is 9.98 Å². The molecule has 1 heterocycles. The van der Waals surface area contributed by atoms with Crippen LogP contribution in [0.15, 0.2) is 24.3 Å². The first kappa shape index (κ1) is 11.6. The van der Waals surface area contributed by atoms with Crippen molar-refractivity contribution in [3.05, 3.63) is 35.7 Å². The van der Waals surface area contributed by atoms with Gasteiger partial charge >= 0.3 is 0 Å². The molecule has 2 aromatic rings. The van der Waals surface area contributed by atoms with Crippen LogP contribution in [-0.2, 0) is 6.54 Å². The fourth-order valence-corrected chi connectivity index (χ4v) is 1.99. The van der Waals surface area contributed by atoms with Gasteiger partial charge in [-0.1, -0.05) is 12.1 Å². The first-order valence-electron chi connectivity index (χ1n) is 5.86. The lowest BCUT2D eigenvalue weighted by molar-refractivity contribution is 0.777. The Balaban J connectivity index is 2.68. The zero-order chi connectivity index (χ0) is 12.4. The molecule has 0 aliphatic carbocycles. The van der Waals surface area contributed by atoms with Gasteiger partial charge in [-0.25, -0.2) is 4.98 Å². The molecule has 2 rings (SSSR count). The van der Waals surface area contributed by atoms with Crippen LogP contribution in [0.4, 0.5) is 0 Å². The molecule has 1 N–H and O–H groups in total. The van der Waals surface area contributed by atoms with Crippen LogP contribution in [-0.4, -0.2) is 15.3 Å². The minimum absolute atomic E-state index is 0.575. The maximum Gasteiger partial charge on any atom is 0.133 e. The van der Waals surface area contributed by atoms with Crippen LogP contribution >= 0.6 is 0 Å². The average molecular weight is 227 g/mol. The summed E-state index contributed by atoms with van der Waals surface area (Å²) in [5.41, 5.74) is 3.60. The van der Waals surface area contributed by atoms with Gasteiger partial charge in [0.25, 0.3) is 0 Å². The van der Waals surface area contributed by atoms with Gasteiger partial charge in [0.1, 0.15) is 5.82 Å². The van der Waals surface area contributed by atoms with Crippen molar-refractivity contribution in [2.24, 2.45) is 0 Å². The average Bonchev–Trinajstić information content (AvgIpc) is 2.65. The van der Waals surface area contributed by atoms with Gasteiger partial charge in [0.2, 0.25) is 0 Å². The normalized spacial score (nSPS) is 11.5. The van der Waals surface area contributed by atoms with Gasteiger partial charge in [-0.2, -0.15) is 0 Å². The number of aromatic nitrogens is 2. The number of allylic oxidation sites excluding steroid dienone is 1. The highest BCUT2D eigenvalue weighted by atomic mass is 15.1. The van der Waals surface area contributed by atoms with E-state index < -0.39 is 0 Å². The van der Waals surface area contributed by atoms with Gasteiger partial charge in [-0.3, -0.25) is 0 Å². The Bertz CT molecular complexity index is 591. The first-order valence-corrected chi connectivity index (χ1v) is 5.86. The number of hydrogen-bond acceptors (Lipinski definition) is 2. The quantitative estimate of drug-likeness (QED) is 0.801. The van der Waals surface area contributed by atoms with Crippen molar-refractivity contribution in [1.29, 1.82) is 5.41 Å². The molecule has 0 atom stereocenters. The maximum absolute atomic E-state index is 7.65. The number of fused-ring (bicyclic) bond motifs is 1. The summed E-state index contributed by atoms with van der Waals surface area (Å²) in [6.07, 6.45) is 4.01. The van der Waals surface area contributed by atoms with Crippen LogP contribution < -0.4 is 0 Å². The second-order valence-corrected chi connectivity index (χ2v) is 4.04. The van der Waals surface area contributed by atoms with E-state index in [1.165, 1.54) is 0 Å². The minimum Gasteiger partial charge on any atom is -0.325 e. The molecule has 0 aliphatic rings. The molecule has 0 saturated heterocycles. The maximum atomic E-state index is 7.65. The number of aryl methyl sites for hydroxylation is 1. The smallest absolute Gasteiger partial charge is 0.133 e. The molecule has 0 spiro atoms. The molecular weight excluding hydrogens is 210 g/mol. The lowest BCUT2D eigenvalue weighted by atomic mass is 10.1. The third-order valence-electron chi connectivity index (χ3n) is 2.84.